The number of hydrogen-bond donors (Lipinski definition) is 1. The van der Waals surface area contributed by atoms with Gasteiger partial charge in [-0.05, 0) is 12.8 Å². The molecule has 0 amide bonds. The van der Waals surface area contributed by atoms with E-state index >= 15 is 0 Å². The Morgan fingerprint density at radius 1 is 1.21 bits per heavy atom. The number of ether oxygens (including phenoxy) is 2. The van der Waals surface area contributed by atoms with Crippen molar-refractivity contribution in [2.75, 3.05) is 30.6 Å². The van der Waals surface area contributed by atoms with E-state index in [1.165, 1.54) is 20.3 Å². The van der Waals surface area contributed by atoms with Crippen molar-refractivity contribution < 1.29 is 17.9 Å². The number of halogens is 1. The van der Waals surface area contributed by atoms with Gasteiger partial charge in [-0.2, -0.15) is 9.97 Å². The van der Waals surface area contributed by atoms with Gasteiger partial charge in [0.1, 0.15) is 0 Å². The second-order valence-corrected chi connectivity index (χ2v) is 5.81. The third kappa shape index (κ3) is 5.48. The van der Waals surface area contributed by atoms with Gasteiger partial charge in [-0.3, -0.25) is 4.72 Å². The predicted octanol–water partition coefficient (Wildman–Crippen LogP) is 1.25. The maximum Gasteiger partial charge on any atom is 0.243 e. The van der Waals surface area contributed by atoms with Gasteiger partial charge in [0.2, 0.25) is 27.7 Å². The van der Waals surface area contributed by atoms with E-state index in [0.29, 0.717) is 18.7 Å². The second-order valence-electron chi connectivity index (χ2n) is 3.59. The fraction of sp³-hybridized carbons (Fsp3) is 0.600. The molecule has 0 bridgehead atoms. The smallest absolute Gasteiger partial charge is 0.243 e. The SMILES string of the molecule is COc1cc(OC)nc(NS(=O)(=O)CCCCCl)n1. The highest BCUT2D eigenvalue weighted by atomic mass is 35.5. The van der Waals surface area contributed by atoms with Crippen LogP contribution in [0.15, 0.2) is 6.07 Å². The molecule has 0 aromatic carbocycles. The second kappa shape index (κ2) is 7.34. The molecule has 19 heavy (non-hydrogen) atoms. The molecule has 1 N–H and O–H groups in total. The summed E-state index contributed by atoms with van der Waals surface area (Å²) in [6.45, 7) is 0. The van der Waals surface area contributed by atoms with E-state index in [4.69, 9.17) is 21.1 Å². The van der Waals surface area contributed by atoms with Crippen molar-refractivity contribution in [2.45, 2.75) is 12.8 Å². The van der Waals surface area contributed by atoms with Crippen LogP contribution in [0.1, 0.15) is 12.8 Å². The minimum Gasteiger partial charge on any atom is -0.481 e. The number of hydrogen-bond acceptors (Lipinski definition) is 6. The monoisotopic (exact) mass is 309 g/mol. The van der Waals surface area contributed by atoms with Gasteiger partial charge in [0.15, 0.2) is 0 Å². The molecule has 108 valence electrons. The highest BCUT2D eigenvalue weighted by molar-refractivity contribution is 7.92. The van der Waals surface area contributed by atoms with E-state index in [1.807, 2.05) is 0 Å². The van der Waals surface area contributed by atoms with E-state index in [9.17, 15) is 8.42 Å². The number of nitrogens with zero attached hydrogens (tertiary/aromatic N) is 2. The molecule has 7 nitrogen and oxygen atoms in total. The molecule has 1 aromatic rings. The Kier molecular flexibility index (Phi) is 6.10. The number of sulfonamides is 1. The number of unbranched alkanes of at least 4 members (excludes halogenated alkanes) is 1. The normalized spacial score (nSPS) is 11.1. The molecule has 0 aliphatic carbocycles. The van der Waals surface area contributed by atoms with Gasteiger partial charge in [-0.1, -0.05) is 0 Å². The Balaban J connectivity index is 2.80. The standard InChI is InChI=1S/C10H16ClN3O4S/c1-17-8-7-9(18-2)13-10(12-8)14-19(15,16)6-4-3-5-11/h7H,3-6H2,1-2H3,(H,12,13,14). The topological polar surface area (TPSA) is 90.4 Å². The van der Waals surface area contributed by atoms with Crippen molar-refractivity contribution in [3.05, 3.63) is 6.07 Å². The molecule has 0 spiro atoms. The number of methoxy groups -OCH3 is 2. The van der Waals surface area contributed by atoms with Crippen LogP contribution in [0, 0.1) is 0 Å². The molecule has 9 heteroatoms. The molecule has 0 unspecified atom stereocenters. The molecule has 0 saturated heterocycles. The molecule has 0 fully saturated rings. The Morgan fingerprint density at radius 3 is 2.26 bits per heavy atom. The number of anilines is 1. The average molecular weight is 310 g/mol. The quantitative estimate of drug-likeness (QED) is 0.574. The van der Waals surface area contributed by atoms with Crippen molar-refractivity contribution in [2.24, 2.45) is 0 Å². The first kappa shape index (κ1) is 15.8. The van der Waals surface area contributed by atoms with Crippen LogP contribution < -0.4 is 14.2 Å². The van der Waals surface area contributed by atoms with Crippen molar-refractivity contribution in [3.63, 3.8) is 0 Å². The van der Waals surface area contributed by atoms with E-state index in [0.717, 1.165) is 0 Å². The first-order valence-corrected chi connectivity index (χ1v) is 7.73. The van der Waals surface area contributed by atoms with Crippen LogP contribution in [0.25, 0.3) is 0 Å². The summed E-state index contributed by atoms with van der Waals surface area (Å²) >= 11 is 5.50. The van der Waals surface area contributed by atoms with Gasteiger partial charge < -0.3 is 9.47 Å². The summed E-state index contributed by atoms with van der Waals surface area (Å²) in [6, 6.07) is 1.45. The van der Waals surface area contributed by atoms with Gasteiger partial charge in [0, 0.05) is 5.88 Å². The minimum absolute atomic E-state index is 0.0391. The van der Waals surface area contributed by atoms with E-state index < -0.39 is 10.0 Å². The lowest BCUT2D eigenvalue weighted by Gasteiger charge is -2.08. The van der Waals surface area contributed by atoms with Crippen LogP contribution in [-0.4, -0.2) is 44.2 Å². The van der Waals surface area contributed by atoms with Crippen LogP contribution in [-0.2, 0) is 10.0 Å². The Morgan fingerprint density at radius 2 is 1.79 bits per heavy atom. The lowest BCUT2D eigenvalue weighted by Crippen LogP contribution is -2.18. The van der Waals surface area contributed by atoms with Crippen molar-refractivity contribution >= 4 is 27.6 Å². The number of alkyl halides is 1. The van der Waals surface area contributed by atoms with Crippen LogP contribution in [0.2, 0.25) is 0 Å². The van der Waals surface area contributed by atoms with Gasteiger partial charge in [0.05, 0.1) is 26.0 Å². The first-order valence-electron chi connectivity index (χ1n) is 5.54. The molecule has 1 heterocycles. The van der Waals surface area contributed by atoms with Crippen molar-refractivity contribution in [3.8, 4) is 11.8 Å². The zero-order valence-corrected chi connectivity index (χ0v) is 12.3. The van der Waals surface area contributed by atoms with E-state index in [1.54, 1.807) is 0 Å². The molecule has 0 aliphatic heterocycles. The summed E-state index contributed by atoms with van der Waals surface area (Å²) in [6.07, 6.45) is 1.10. The fourth-order valence-corrected chi connectivity index (χ4v) is 2.48. The summed E-state index contributed by atoms with van der Waals surface area (Å²) in [7, 11) is -0.667. The largest absolute Gasteiger partial charge is 0.481 e. The lowest BCUT2D eigenvalue weighted by molar-refractivity contribution is 0.373. The van der Waals surface area contributed by atoms with Crippen molar-refractivity contribution in [1.29, 1.82) is 0 Å². The summed E-state index contributed by atoms with van der Waals surface area (Å²) < 4.78 is 35.6. The van der Waals surface area contributed by atoms with Crippen LogP contribution in [0.3, 0.4) is 0 Å². The average Bonchev–Trinajstić information content (AvgIpc) is 2.37. The summed E-state index contributed by atoms with van der Waals surface area (Å²) in [5.74, 6) is 0.736. The van der Waals surface area contributed by atoms with E-state index in [-0.39, 0.29) is 23.5 Å². The number of rotatable bonds is 8. The zero-order chi connectivity index (χ0) is 14.3. The fourth-order valence-electron chi connectivity index (χ4n) is 1.24. The zero-order valence-electron chi connectivity index (χ0n) is 10.7. The third-order valence-electron chi connectivity index (χ3n) is 2.14. The Bertz CT molecular complexity index is 487. The maximum absolute atomic E-state index is 11.8. The molecular weight excluding hydrogens is 294 g/mol. The lowest BCUT2D eigenvalue weighted by atomic mass is 10.4. The first-order chi connectivity index (χ1) is 9.00. The van der Waals surface area contributed by atoms with Crippen LogP contribution in [0.4, 0.5) is 5.95 Å². The molecular formula is C10H16ClN3O4S. The van der Waals surface area contributed by atoms with Crippen LogP contribution in [0.5, 0.6) is 11.8 Å². The minimum atomic E-state index is -3.50. The van der Waals surface area contributed by atoms with Gasteiger partial charge in [-0.15, -0.1) is 11.6 Å². The molecule has 0 atom stereocenters. The molecule has 0 radical (unpaired) electrons. The Labute approximate surface area is 117 Å². The summed E-state index contributed by atoms with van der Waals surface area (Å²) in [5, 5.41) is 0. The highest BCUT2D eigenvalue weighted by Crippen LogP contribution is 2.18. The molecule has 1 rings (SSSR count). The number of nitrogens with one attached hydrogen (secondary N) is 1. The van der Waals surface area contributed by atoms with Gasteiger partial charge >= 0.3 is 0 Å². The molecule has 0 saturated carbocycles. The molecule has 0 aliphatic rings. The Hall–Kier alpha value is -1.28. The molecule has 1 aromatic heterocycles. The van der Waals surface area contributed by atoms with Crippen LogP contribution >= 0.6 is 11.6 Å². The highest BCUT2D eigenvalue weighted by Gasteiger charge is 2.14. The maximum atomic E-state index is 11.8. The summed E-state index contributed by atoms with van der Waals surface area (Å²) in [5.41, 5.74) is 0. The van der Waals surface area contributed by atoms with Crippen molar-refractivity contribution in [1.82, 2.24) is 9.97 Å². The van der Waals surface area contributed by atoms with Gasteiger partial charge in [-0.25, -0.2) is 8.42 Å². The third-order valence-corrected chi connectivity index (χ3v) is 3.73. The number of aromatic nitrogens is 2. The van der Waals surface area contributed by atoms with Gasteiger partial charge in [0.25, 0.3) is 0 Å². The summed E-state index contributed by atoms with van der Waals surface area (Å²) in [4.78, 5) is 7.77. The van der Waals surface area contributed by atoms with E-state index in [2.05, 4.69) is 14.7 Å². The predicted molar refractivity (Wildman–Crippen MR) is 72.5 cm³/mol.